The number of carbonyl (C=O) groups is 1. The predicted molar refractivity (Wildman–Crippen MR) is 150 cm³/mol. The first-order chi connectivity index (χ1) is 16.5. The van der Waals surface area contributed by atoms with Crippen LogP contribution >= 0.6 is 0 Å². The Hall–Kier alpha value is -2.88. The van der Waals surface area contributed by atoms with Crippen LogP contribution in [0.3, 0.4) is 0 Å². The average Bonchev–Trinajstić information content (AvgIpc) is 2.87. The highest BCUT2D eigenvalue weighted by atomic mass is 19.3. The van der Waals surface area contributed by atoms with Gasteiger partial charge in [-0.05, 0) is 47.1 Å². The fourth-order valence-electron chi connectivity index (χ4n) is 3.53. The molecule has 0 saturated heterocycles. The van der Waals surface area contributed by atoms with E-state index in [1.54, 1.807) is 25.3 Å². The van der Waals surface area contributed by atoms with Crippen molar-refractivity contribution in [3.63, 3.8) is 0 Å². The molecule has 0 unspecified atom stereocenters. The van der Waals surface area contributed by atoms with Crippen LogP contribution < -0.4 is 0 Å². The molecule has 0 amide bonds. The minimum Gasteiger partial charge on any atom is -0.294 e. The number of carbonyl (C=O) groups excluding carboxylic acids is 1. The van der Waals surface area contributed by atoms with Gasteiger partial charge < -0.3 is 0 Å². The van der Waals surface area contributed by atoms with E-state index in [1.807, 2.05) is 45.9 Å². The molecule has 0 atom stereocenters. The molecule has 0 aliphatic rings. The van der Waals surface area contributed by atoms with E-state index in [0.29, 0.717) is 18.4 Å². The predicted octanol–water partition coefficient (Wildman–Crippen LogP) is 9.63. The van der Waals surface area contributed by atoms with Crippen molar-refractivity contribution < 1.29 is 13.6 Å². The monoisotopic (exact) mass is 483 g/mol. The summed E-state index contributed by atoms with van der Waals surface area (Å²) in [5.41, 5.74) is 3.97. The molecule has 2 aromatic carbocycles. The molecule has 35 heavy (non-hydrogen) atoms. The van der Waals surface area contributed by atoms with Crippen molar-refractivity contribution in [2.75, 3.05) is 7.05 Å². The second-order valence-corrected chi connectivity index (χ2v) is 8.66. The lowest BCUT2D eigenvalue weighted by molar-refractivity contribution is 0.0174. The zero-order chi connectivity index (χ0) is 27.2. The second-order valence-electron chi connectivity index (χ2n) is 8.66. The standard InChI is InChI=1S/C27H31F2NO.2C2H6/c1-7-19-12-13-21(16-20(19)8-2)24(30-6)18-26(3,4)15-14-25(31)22-10-9-11-23(17-22)27(5,28)29;2*1-2/h7-13,16-17H,1-2,14-15,18H2,3-6H3;2*1-2H3. The van der Waals surface area contributed by atoms with E-state index in [0.717, 1.165) is 29.3 Å². The summed E-state index contributed by atoms with van der Waals surface area (Å²) in [5, 5.41) is 0. The summed E-state index contributed by atoms with van der Waals surface area (Å²) in [4.78, 5) is 17.1. The Bertz CT molecular complexity index is 997. The lowest BCUT2D eigenvalue weighted by Crippen LogP contribution is -2.20. The third kappa shape index (κ3) is 10.1. The van der Waals surface area contributed by atoms with Crippen LogP contribution in [-0.4, -0.2) is 18.5 Å². The van der Waals surface area contributed by atoms with Crippen LogP contribution in [0.4, 0.5) is 8.78 Å². The van der Waals surface area contributed by atoms with Gasteiger partial charge in [0.15, 0.2) is 5.78 Å². The van der Waals surface area contributed by atoms with E-state index in [1.165, 1.54) is 18.2 Å². The van der Waals surface area contributed by atoms with Gasteiger partial charge in [0.25, 0.3) is 5.92 Å². The molecule has 0 N–H and O–H groups in total. The molecule has 0 spiro atoms. The van der Waals surface area contributed by atoms with Crippen LogP contribution in [0, 0.1) is 5.41 Å². The fraction of sp³-hybridized carbons (Fsp3) is 0.419. The fourth-order valence-corrected chi connectivity index (χ4v) is 3.53. The summed E-state index contributed by atoms with van der Waals surface area (Å²) in [6.45, 7) is 20.7. The number of ketones is 1. The van der Waals surface area contributed by atoms with Gasteiger partial charge in [0.1, 0.15) is 0 Å². The molecular formula is C31H43F2NO. The van der Waals surface area contributed by atoms with Crippen molar-refractivity contribution in [3.05, 3.63) is 83.4 Å². The number of Topliss-reactive ketones (excluding diaryl/α,β-unsaturated/α-hetero) is 1. The van der Waals surface area contributed by atoms with Crippen LogP contribution in [0.2, 0.25) is 0 Å². The van der Waals surface area contributed by atoms with E-state index >= 15 is 0 Å². The lowest BCUT2D eigenvalue weighted by atomic mass is 9.80. The van der Waals surface area contributed by atoms with Gasteiger partial charge in [0.05, 0.1) is 0 Å². The van der Waals surface area contributed by atoms with Crippen LogP contribution in [0.5, 0.6) is 0 Å². The summed E-state index contributed by atoms with van der Waals surface area (Å²) < 4.78 is 27.2. The Labute approximate surface area is 211 Å². The highest BCUT2D eigenvalue weighted by Crippen LogP contribution is 2.31. The number of halogens is 2. The molecule has 2 aromatic rings. The van der Waals surface area contributed by atoms with E-state index in [-0.39, 0.29) is 23.2 Å². The molecular weight excluding hydrogens is 440 g/mol. The van der Waals surface area contributed by atoms with Crippen molar-refractivity contribution >= 4 is 23.6 Å². The first-order valence-corrected chi connectivity index (χ1v) is 12.4. The number of nitrogens with zero attached hydrogens (tertiary/aromatic N) is 1. The minimum absolute atomic E-state index is 0.126. The number of hydrogen-bond donors (Lipinski definition) is 0. The van der Waals surface area contributed by atoms with Crippen LogP contribution in [-0.2, 0) is 5.92 Å². The Kier molecular flexibility index (Phi) is 13.9. The van der Waals surface area contributed by atoms with Crippen molar-refractivity contribution in [1.82, 2.24) is 0 Å². The van der Waals surface area contributed by atoms with Crippen molar-refractivity contribution in [2.24, 2.45) is 10.4 Å². The maximum Gasteiger partial charge on any atom is 0.270 e. The van der Waals surface area contributed by atoms with Gasteiger partial charge >= 0.3 is 0 Å². The summed E-state index contributed by atoms with van der Waals surface area (Å²) in [6, 6.07) is 11.8. The first kappa shape index (κ1) is 32.1. The Morgan fingerprint density at radius 1 is 0.914 bits per heavy atom. The number of alkyl halides is 2. The molecule has 0 aliphatic carbocycles. The summed E-state index contributed by atoms with van der Waals surface area (Å²) in [6.07, 6.45) is 5.19. The molecule has 0 bridgehead atoms. The average molecular weight is 484 g/mol. The largest absolute Gasteiger partial charge is 0.294 e. The van der Waals surface area contributed by atoms with Crippen LogP contribution in [0.25, 0.3) is 12.2 Å². The molecule has 4 heteroatoms. The molecule has 2 rings (SSSR count). The summed E-state index contributed by atoms with van der Waals surface area (Å²) >= 11 is 0. The molecule has 0 aliphatic heterocycles. The zero-order valence-electron chi connectivity index (χ0n) is 22.8. The number of rotatable bonds is 10. The van der Waals surface area contributed by atoms with Crippen molar-refractivity contribution in [2.45, 2.75) is 73.7 Å². The highest BCUT2D eigenvalue weighted by Gasteiger charge is 2.26. The third-order valence-corrected chi connectivity index (χ3v) is 5.50. The number of benzene rings is 2. The van der Waals surface area contributed by atoms with Gasteiger partial charge in [-0.25, -0.2) is 8.78 Å². The van der Waals surface area contributed by atoms with E-state index in [2.05, 4.69) is 32.0 Å². The van der Waals surface area contributed by atoms with E-state index in [4.69, 9.17) is 0 Å². The minimum atomic E-state index is -2.96. The number of hydrogen-bond acceptors (Lipinski definition) is 2. The molecule has 0 aromatic heterocycles. The Morgan fingerprint density at radius 3 is 2.03 bits per heavy atom. The van der Waals surface area contributed by atoms with Crippen LogP contribution in [0.1, 0.15) is 100 Å². The van der Waals surface area contributed by atoms with Gasteiger partial charge in [0, 0.05) is 37.2 Å². The van der Waals surface area contributed by atoms with Gasteiger partial charge in [-0.2, -0.15) is 0 Å². The summed E-state index contributed by atoms with van der Waals surface area (Å²) in [7, 11) is 1.77. The molecule has 0 fully saturated rings. The number of aliphatic imine (C=N–C) groups is 1. The Balaban J connectivity index is 0.00000274. The quantitative estimate of drug-likeness (QED) is 0.244. The Morgan fingerprint density at radius 2 is 1.51 bits per heavy atom. The van der Waals surface area contributed by atoms with Gasteiger partial charge in [0.2, 0.25) is 0 Å². The van der Waals surface area contributed by atoms with Gasteiger partial charge in [-0.1, -0.05) is 97.2 Å². The topological polar surface area (TPSA) is 29.4 Å². The smallest absolute Gasteiger partial charge is 0.270 e. The SMILES string of the molecule is C=Cc1ccc(C(CC(C)(C)CCC(=O)c2cccc(C(C)(F)F)c2)=NC)cc1C=C.CC.CC. The molecule has 192 valence electrons. The molecule has 0 heterocycles. The third-order valence-electron chi connectivity index (χ3n) is 5.50. The van der Waals surface area contributed by atoms with E-state index in [9.17, 15) is 13.6 Å². The van der Waals surface area contributed by atoms with Crippen molar-refractivity contribution in [3.8, 4) is 0 Å². The molecule has 0 radical (unpaired) electrons. The highest BCUT2D eigenvalue weighted by molar-refractivity contribution is 6.01. The normalized spacial score (nSPS) is 11.4. The molecule has 0 saturated carbocycles. The zero-order valence-corrected chi connectivity index (χ0v) is 22.8. The maximum absolute atomic E-state index is 13.6. The van der Waals surface area contributed by atoms with Gasteiger partial charge in [-0.3, -0.25) is 9.79 Å². The summed E-state index contributed by atoms with van der Waals surface area (Å²) in [5.74, 6) is -3.09. The van der Waals surface area contributed by atoms with Crippen LogP contribution in [0.15, 0.2) is 60.6 Å². The van der Waals surface area contributed by atoms with Crippen molar-refractivity contribution in [1.29, 1.82) is 0 Å². The lowest BCUT2D eigenvalue weighted by Gasteiger charge is -2.25. The first-order valence-electron chi connectivity index (χ1n) is 12.4. The van der Waals surface area contributed by atoms with E-state index < -0.39 is 5.92 Å². The molecule has 2 nitrogen and oxygen atoms in total. The van der Waals surface area contributed by atoms with Gasteiger partial charge in [-0.15, -0.1) is 0 Å². The second kappa shape index (κ2) is 15.2. The maximum atomic E-state index is 13.6.